The first-order valence-corrected chi connectivity index (χ1v) is 14.7. The lowest BCUT2D eigenvalue weighted by molar-refractivity contribution is -0.130. The van der Waals surface area contributed by atoms with E-state index in [2.05, 4.69) is 62.0 Å². The fourth-order valence-electron chi connectivity index (χ4n) is 3.41. The van der Waals surface area contributed by atoms with Crippen LogP contribution in [0.3, 0.4) is 0 Å². The topological polar surface area (TPSA) is 123 Å². The van der Waals surface area contributed by atoms with Gasteiger partial charge in [-0.15, -0.1) is 0 Å². The number of carbonyl (C=O) groups excluding carboxylic acids is 3. The van der Waals surface area contributed by atoms with Crippen LogP contribution in [0.5, 0.6) is 0 Å². The Kier molecular flexibility index (Phi) is 17.8. The third-order valence-electron chi connectivity index (χ3n) is 5.90. The Labute approximate surface area is 235 Å². The van der Waals surface area contributed by atoms with Gasteiger partial charge in [-0.3, -0.25) is 15.0 Å². The van der Waals surface area contributed by atoms with Crippen LogP contribution in [0, 0.1) is 5.92 Å². The highest BCUT2D eigenvalue weighted by molar-refractivity contribution is 7.99. The Morgan fingerprint density at radius 2 is 1.50 bits per heavy atom. The zero-order valence-corrected chi connectivity index (χ0v) is 25.8. The number of amides is 3. The number of nitrogens with one attached hydrogen (secondary N) is 3. The van der Waals surface area contributed by atoms with E-state index in [0.717, 1.165) is 25.7 Å². The molecule has 0 heterocycles. The third-order valence-corrected chi connectivity index (χ3v) is 6.87. The highest BCUT2D eigenvalue weighted by atomic mass is 32.2. The van der Waals surface area contributed by atoms with Crippen molar-refractivity contribution in [3.63, 3.8) is 0 Å². The number of thioether (sulfide) groups is 1. The number of rotatable bonds is 16. The number of ether oxygens (including phenoxy) is 1. The molecule has 3 atom stereocenters. The highest BCUT2D eigenvalue weighted by Gasteiger charge is 2.31. The number of hydrogen-bond acceptors (Lipinski definition) is 6. The van der Waals surface area contributed by atoms with E-state index in [1.54, 1.807) is 20.8 Å². The van der Waals surface area contributed by atoms with Gasteiger partial charge in [-0.1, -0.05) is 55.2 Å². The van der Waals surface area contributed by atoms with Gasteiger partial charge in [0.2, 0.25) is 5.91 Å². The van der Waals surface area contributed by atoms with Crippen molar-refractivity contribution in [1.82, 2.24) is 16.1 Å². The van der Waals surface area contributed by atoms with E-state index in [1.165, 1.54) is 28.5 Å². The summed E-state index contributed by atoms with van der Waals surface area (Å²) < 4.78 is 5.31. The van der Waals surface area contributed by atoms with Crippen molar-refractivity contribution in [3.05, 3.63) is 34.9 Å². The minimum absolute atomic E-state index is 0.160. The molecule has 3 amide bonds. The summed E-state index contributed by atoms with van der Waals surface area (Å²) in [5.41, 5.74) is 5.49. The number of carbonyl (C=O) groups is 3. The number of hydrogen-bond donors (Lipinski definition) is 4. The van der Waals surface area contributed by atoms with Gasteiger partial charge in [0, 0.05) is 11.5 Å². The smallest absolute Gasteiger partial charge is 0.408 e. The molecule has 0 aromatic rings. The van der Waals surface area contributed by atoms with Crippen LogP contribution in [0.2, 0.25) is 0 Å². The first-order chi connectivity index (χ1) is 17.7. The average molecular weight is 553 g/mol. The molecule has 0 radical (unpaired) electrons. The summed E-state index contributed by atoms with van der Waals surface area (Å²) in [6, 6.07) is -1.67. The lowest BCUT2D eigenvalue weighted by Gasteiger charge is -2.27. The maximum absolute atomic E-state index is 13.1. The second-order valence-electron chi connectivity index (χ2n) is 11.1. The molecular formula is C29H52N4O4S. The molecule has 0 aliphatic carbocycles. The van der Waals surface area contributed by atoms with Gasteiger partial charge in [0.25, 0.3) is 5.91 Å². The molecule has 0 spiro atoms. The van der Waals surface area contributed by atoms with Gasteiger partial charge in [0.15, 0.2) is 0 Å². The van der Waals surface area contributed by atoms with Gasteiger partial charge < -0.3 is 15.4 Å². The van der Waals surface area contributed by atoms with Crippen molar-refractivity contribution in [2.45, 2.75) is 112 Å². The minimum atomic E-state index is -0.839. The Bertz CT molecular complexity index is 842. The van der Waals surface area contributed by atoms with Crippen LogP contribution in [-0.4, -0.2) is 47.1 Å². The summed E-state index contributed by atoms with van der Waals surface area (Å²) in [5, 5.41) is 5.41. The Morgan fingerprint density at radius 3 is 2.03 bits per heavy atom. The normalized spacial score (nSPS) is 14.7. The van der Waals surface area contributed by atoms with Crippen LogP contribution in [-0.2, 0) is 14.3 Å². The van der Waals surface area contributed by atoms with Crippen LogP contribution < -0.4 is 21.9 Å². The first-order valence-electron chi connectivity index (χ1n) is 13.5. The van der Waals surface area contributed by atoms with E-state index >= 15 is 0 Å². The highest BCUT2D eigenvalue weighted by Crippen LogP contribution is 2.14. The number of allylic oxidation sites excluding steroid dienone is 5. The van der Waals surface area contributed by atoms with Crippen LogP contribution in [0.15, 0.2) is 34.9 Å². The second-order valence-corrected chi connectivity index (χ2v) is 12.2. The molecule has 5 N–H and O–H groups in total. The van der Waals surface area contributed by atoms with E-state index in [4.69, 9.17) is 10.6 Å². The number of alkyl carbamates (subject to hydrolysis) is 1. The molecule has 0 aliphatic rings. The zero-order chi connectivity index (χ0) is 29.3. The van der Waals surface area contributed by atoms with Gasteiger partial charge >= 0.3 is 6.09 Å². The first kappa shape index (κ1) is 35.7. The summed E-state index contributed by atoms with van der Waals surface area (Å²) in [7, 11) is 0. The van der Waals surface area contributed by atoms with Gasteiger partial charge in [-0.2, -0.15) is 11.8 Å². The number of nitrogens with two attached hydrogens (primary N) is 1. The van der Waals surface area contributed by atoms with Crippen molar-refractivity contribution in [2.75, 3.05) is 11.5 Å². The minimum Gasteiger partial charge on any atom is -0.444 e. The van der Waals surface area contributed by atoms with E-state index in [0.29, 0.717) is 17.9 Å². The second kappa shape index (κ2) is 18.9. The lowest BCUT2D eigenvalue weighted by atomic mass is 9.98. The molecule has 38 heavy (non-hydrogen) atoms. The van der Waals surface area contributed by atoms with E-state index in [1.807, 2.05) is 13.8 Å². The standard InChI is InChI=1S/C29H52N4O4S/c1-10-23(6)25(32-28(36)37-29(7,8)9)27(35)31-24(26(34)33-30)19-38-18-17-22(5)16-12-15-21(4)14-11-13-20(2)3/h13,15,17,23-25H,10-12,14,16,18-19,30H2,1-9H3,(H,31,35)(H,32,36)(H,33,34)/b21-15+,22-17+/t23-,24-,25+/m0/s1. The summed E-state index contributed by atoms with van der Waals surface area (Å²) >= 11 is 1.54. The Balaban J connectivity index is 4.92. The Hall–Kier alpha value is -2.26. The van der Waals surface area contributed by atoms with Crippen molar-refractivity contribution < 1.29 is 19.1 Å². The maximum Gasteiger partial charge on any atom is 0.408 e. The average Bonchev–Trinajstić information content (AvgIpc) is 2.81. The van der Waals surface area contributed by atoms with E-state index in [-0.39, 0.29) is 5.92 Å². The molecule has 0 aromatic heterocycles. The lowest BCUT2D eigenvalue weighted by Crippen LogP contribution is -2.57. The van der Waals surface area contributed by atoms with Crippen LogP contribution in [0.1, 0.15) is 94.4 Å². The third kappa shape index (κ3) is 17.3. The van der Waals surface area contributed by atoms with Crippen molar-refractivity contribution in [1.29, 1.82) is 0 Å². The predicted molar refractivity (Wildman–Crippen MR) is 160 cm³/mol. The number of hydrazine groups is 1. The van der Waals surface area contributed by atoms with E-state index in [9.17, 15) is 14.4 Å². The quantitative estimate of drug-likeness (QED) is 0.0654. The van der Waals surface area contributed by atoms with E-state index < -0.39 is 35.6 Å². The molecule has 0 aromatic carbocycles. The van der Waals surface area contributed by atoms with Crippen LogP contribution >= 0.6 is 11.8 Å². The predicted octanol–water partition coefficient (Wildman–Crippen LogP) is 5.55. The van der Waals surface area contributed by atoms with Gasteiger partial charge in [-0.25, -0.2) is 10.6 Å². The van der Waals surface area contributed by atoms with Gasteiger partial charge in [0.05, 0.1) is 0 Å². The van der Waals surface area contributed by atoms with Gasteiger partial charge in [-0.05, 0) is 80.1 Å². The maximum atomic E-state index is 13.1. The molecule has 0 unspecified atom stereocenters. The molecular weight excluding hydrogens is 500 g/mol. The van der Waals surface area contributed by atoms with Crippen LogP contribution in [0.4, 0.5) is 4.79 Å². The van der Waals surface area contributed by atoms with Crippen LogP contribution in [0.25, 0.3) is 0 Å². The van der Waals surface area contributed by atoms with Gasteiger partial charge in [0.1, 0.15) is 17.7 Å². The zero-order valence-electron chi connectivity index (χ0n) is 25.0. The molecule has 0 saturated heterocycles. The molecule has 8 nitrogen and oxygen atoms in total. The molecule has 0 fully saturated rings. The SMILES string of the molecule is CC[C@H](C)[C@@H](NC(=O)OC(C)(C)C)C(=O)N[C@@H](CSC/C=C(\C)CC/C=C(\C)CCC=C(C)C)C(=O)NN. The summed E-state index contributed by atoms with van der Waals surface area (Å²) in [5.74, 6) is 5.34. The summed E-state index contributed by atoms with van der Waals surface area (Å²) in [6.45, 7) is 17.6. The molecule has 218 valence electrons. The van der Waals surface area contributed by atoms with Crippen molar-refractivity contribution in [2.24, 2.45) is 11.8 Å². The summed E-state index contributed by atoms with van der Waals surface area (Å²) in [6.07, 6.45) is 10.9. The Morgan fingerprint density at radius 1 is 0.921 bits per heavy atom. The summed E-state index contributed by atoms with van der Waals surface area (Å²) in [4.78, 5) is 37.7. The molecule has 9 heteroatoms. The largest absolute Gasteiger partial charge is 0.444 e. The molecule has 0 bridgehead atoms. The molecule has 0 rings (SSSR count). The molecule has 0 aliphatic heterocycles. The van der Waals surface area contributed by atoms with Crippen molar-refractivity contribution in [3.8, 4) is 0 Å². The monoisotopic (exact) mass is 552 g/mol. The van der Waals surface area contributed by atoms with Crippen molar-refractivity contribution >= 4 is 29.7 Å². The fraction of sp³-hybridized carbons (Fsp3) is 0.690. The molecule has 0 saturated carbocycles. The fourth-order valence-corrected chi connectivity index (χ4v) is 4.42.